The highest BCUT2D eigenvalue weighted by Gasteiger charge is 2.23. The standard InChI is InChI=1S/C21H22O9S/c1-3-26-20(22)14-10-15(21(23)27-4-2)12-16(11-14)30-31(24,25)17-6-7-18-19(13-17)29-9-5-8-28-18/h6-7,10-13H,3-5,8-9H2,1-2H3. The second kappa shape index (κ2) is 9.69. The Balaban J connectivity index is 1.95. The molecule has 1 heterocycles. The zero-order chi connectivity index (χ0) is 22.4. The van der Waals surface area contributed by atoms with Gasteiger partial charge < -0.3 is 23.1 Å². The molecule has 0 spiro atoms. The summed E-state index contributed by atoms with van der Waals surface area (Å²) in [5, 5.41) is 0. The van der Waals surface area contributed by atoms with Crippen LogP contribution in [0.1, 0.15) is 41.0 Å². The molecule has 0 bridgehead atoms. The van der Waals surface area contributed by atoms with Gasteiger partial charge in [-0.1, -0.05) is 0 Å². The molecule has 10 heteroatoms. The maximum atomic E-state index is 12.8. The van der Waals surface area contributed by atoms with Crippen LogP contribution in [-0.2, 0) is 19.6 Å². The van der Waals surface area contributed by atoms with E-state index in [9.17, 15) is 18.0 Å². The second-order valence-corrected chi connectivity index (χ2v) is 7.93. The van der Waals surface area contributed by atoms with E-state index in [1.165, 1.54) is 36.4 Å². The Hall–Kier alpha value is -3.27. The van der Waals surface area contributed by atoms with Gasteiger partial charge in [0.25, 0.3) is 0 Å². The minimum atomic E-state index is -4.31. The second-order valence-electron chi connectivity index (χ2n) is 6.38. The van der Waals surface area contributed by atoms with E-state index in [2.05, 4.69) is 0 Å². The average molecular weight is 450 g/mol. The first-order valence-electron chi connectivity index (χ1n) is 9.67. The van der Waals surface area contributed by atoms with Crippen molar-refractivity contribution < 1.29 is 41.1 Å². The van der Waals surface area contributed by atoms with E-state index in [-0.39, 0.29) is 40.7 Å². The number of fused-ring (bicyclic) bond motifs is 1. The summed E-state index contributed by atoms with van der Waals surface area (Å²) in [4.78, 5) is 24.1. The Morgan fingerprint density at radius 3 is 2.03 bits per heavy atom. The van der Waals surface area contributed by atoms with Crippen LogP contribution in [0.4, 0.5) is 0 Å². The van der Waals surface area contributed by atoms with Crippen LogP contribution in [0.25, 0.3) is 0 Å². The van der Waals surface area contributed by atoms with Crippen LogP contribution >= 0.6 is 0 Å². The smallest absolute Gasteiger partial charge is 0.339 e. The fraction of sp³-hybridized carbons (Fsp3) is 0.333. The maximum absolute atomic E-state index is 12.8. The molecule has 2 aromatic carbocycles. The molecular formula is C21H22O9S. The molecule has 0 unspecified atom stereocenters. The van der Waals surface area contributed by atoms with Gasteiger partial charge in [0.2, 0.25) is 0 Å². The summed E-state index contributed by atoms with van der Waals surface area (Å²) in [6.07, 6.45) is 0.671. The van der Waals surface area contributed by atoms with Crippen LogP contribution in [-0.4, -0.2) is 46.8 Å². The summed E-state index contributed by atoms with van der Waals surface area (Å²) in [5.41, 5.74) is -0.0903. The van der Waals surface area contributed by atoms with Crippen molar-refractivity contribution in [1.82, 2.24) is 0 Å². The zero-order valence-electron chi connectivity index (χ0n) is 17.1. The monoisotopic (exact) mass is 450 g/mol. The maximum Gasteiger partial charge on any atom is 0.339 e. The van der Waals surface area contributed by atoms with Crippen LogP contribution < -0.4 is 13.7 Å². The van der Waals surface area contributed by atoms with Crippen LogP contribution in [0.5, 0.6) is 17.2 Å². The average Bonchev–Trinajstić information content (AvgIpc) is 2.98. The first-order chi connectivity index (χ1) is 14.8. The van der Waals surface area contributed by atoms with Crippen molar-refractivity contribution in [3.05, 3.63) is 47.5 Å². The van der Waals surface area contributed by atoms with Crippen molar-refractivity contribution in [3.63, 3.8) is 0 Å². The molecule has 3 rings (SSSR count). The van der Waals surface area contributed by atoms with E-state index >= 15 is 0 Å². The van der Waals surface area contributed by atoms with Gasteiger partial charge in [0, 0.05) is 12.5 Å². The topological polar surface area (TPSA) is 114 Å². The number of hydrogen-bond acceptors (Lipinski definition) is 9. The summed E-state index contributed by atoms with van der Waals surface area (Å²) in [6.45, 7) is 4.31. The van der Waals surface area contributed by atoms with E-state index in [1.807, 2.05) is 0 Å². The first kappa shape index (κ1) is 22.4. The minimum Gasteiger partial charge on any atom is -0.490 e. The highest BCUT2D eigenvalue weighted by Crippen LogP contribution is 2.33. The molecular weight excluding hydrogens is 428 g/mol. The molecule has 0 atom stereocenters. The van der Waals surface area contributed by atoms with Crippen molar-refractivity contribution >= 4 is 22.1 Å². The number of carbonyl (C=O) groups excluding carboxylic acids is 2. The van der Waals surface area contributed by atoms with Crippen LogP contribution in [0.15, 0.2) is 41.3 Å². The van der Waals surface area contributed by atoms with Gasteiger partial charge in [-0.25, -0.2) is 9.59 Å². The van der Waals surface area contributed by atoms with E-state index in [4.69, 9.17) is 23.1 Å². The first-order valence-corrected chi connectivity index (χ1v) is 11.1. The SMILES string of the molecule is CCOC(=O)c1cc(OS(=O)(=O)c2ccc3c(c2)OCCCO3)cc(C(=O)OCC)c1. The summed E-state index contributed by atoms with van der Waals surface area (Å²) < 4.78 is 51.8. The molecule has 1 aliphatic heterocycles. The summed E-state index contributed by atoms with van der Waals surface area (Å²) in [7, 11) is -4.31. The fourth-order valence-corrected chi connectivity index (χ4v) is 3.72. The highest BCUT2D eigenvalue weighted by atomic mass is 32.2. The van der Waals surface area contributed by atoms with Gasteiger partial charge in [-0.15, -0.1) is 0 Å². The van der Waals surface area contributed by atoms with E-state index < -0.39 is 22.1 Å². The summed E-state index contributed by atoms with van der Waals surface area (Å²) in [5.74, 6) is -0.973. The molecule has 0 fully saturated rings. The normalized spacial score (nSPS) is 13.1. The molecule has 0 radical (unpaired) electrons. The fourth-order valence-electron chi connectivity index (χ4n) is 2.79. The number of carbonyl (C=O) groups is 2. The van der Waals surface area contributed by atoms with Crippen molar-refractivity contribution in [2.75, 3.05) is 26.4 Å². The molecule has 0 aliphatic carbocycles. The van der Waals surface area contributed by atoms with Gasteiger partial charge in [0.05, 0.1) is 37.6 Å². The number of benzene rings is 2. The van der Waals surface area contributed by atoms with E-state index in [0.29, 0.717) is 25.4 Å². The third-order valence-corrected chi connectivity index (χ3v) is 5.39. The summed E-state index contributed by atoms with van der Waals surface area (Å²) in [6, 6.07) is 7.73. The number of esters is 2. The lowest BCUT2D eigenvalue weighted by Crippen LogP contribution is -2.13. The minimum absolute atomic E-state index is 0.0451. The lowest BCUT2D eigenvalue weighted by Gasteiger charge is -2.12. The Morgan fingerprint density at radius 2 is 1.45 bits per heavy atom. The van der Waals surface area contributed by atoms with Crippen molar-refractivity contribution in [1.29, 1.82) is 0 Å². The van der Waals surface area contributed by atoms with E-state index in [0.717, 1.165) is 0 Å². The third-order valence-electron chi connectivity index (χ3n) is 4.14. The number of rotatable bonds is 7. The Morgan fingerprint density at radius 1 is 0.871 bits per heavy atom. The highest BCUT2D eigenvalue weighted by molar-refractivity contribution is 7.87. The van der Waals surface area contributed by atoms with Gasteiger partial charge in [-0.2, -0.15) is 8.42 Å². The van der Waals surface area contributed by atoms with Gasteiger partial charge >= 0.3 is 22.1 Å². The molecule has 9 nitrogen and oxygen atoms in total. The molecule has 0 amide bonds. The van der Waals surface area contributed by atoms with Crippen molar-refractivity contribution in [3.8, 4) is 17.2 Å². The van der Waals surface area contributed by atoms with Crippen LogP contribution in [0, 0.1) is 0 Å². The lowest BCUT2D eigenvalue weighted by molar-refractivity contribution is 0.0524. The third kappa shape index (κ3) is 5.46. The molecule has 166 valence electrons. The van der Waals surface area contributed by atoms with Gasteiger partial charge in [0.1, 0.15) is 10.6 Å². The molecule has 2 aromatic rings. The van der Waals surface area contributed by atoms with Gasteiger partial charge in [0.15, 0.2) is 11.5 Å². The molecule has 0 saturated carbocycles. The Bertz CT molecular complexity index is 1040. The zero-order valence-corrected chi connectivity index (χ0v) is 17.9. The Kier molecular flexibility index (Phi) is 7.01. The largest absolute Gasteiger partial charge is 0.490 e. The van der Waals surface area contributed by atoms with Crippen molar-refractivity contribution in [2.24, 2.45) is 0 Å². The van der Waals surface area contributed by atoms with E-state index in [1.54, 1.807) is 13.8 Å². The predicted molar refractivity (Wildman–Crippen MR) is 108 cm³/mol. The molecule has 0 saturated heterocycles. The van der Waals surface area contributed by atoms with Crippen molar-refractivity contribution in [2.45, 2.75) is 25.2 Å². The molecule has 0 aromatic heterocycles. The summed E-state index contributed by atoms with van der Waals surface area (Å²) >= 11 is 0. The Labute approximate surface area is 179 Å². The van der Waals surface area contributed by atoms with Crippen LogP contribution in [0.2, 0.25) is 0 Å². The molecule has 1 aliphatic rings. The molecule has 0 N–H and O–H groups in total. The number of ether oxygens (including phenoxy) is 4. The molecule has 31 heavy (non-hydrogen) atoms. The van der Waals surface area contributed by atoms with Crippen LogP contribution in [0.3, 0.4) is 0 Å². The van der Waals surface area contributed by atoms with Gasteiger partial charge in [-0.05, 0) is 44.2 Å². The quantitative estimate of drug-likeness (QED) is 0.464. The van der Waals surface area contributed by atoms with Gasteiger partial charge in [-0.3, -0.25) is 0 Å². The predicted octanol–water partition coefficient (Wildman–Crippen LogP) is 2.97. The lowest BCUT2D eigenvalue weighted by atomic mass is 10.1. The number of hydrogen-bond donors (Lipinski definition) is 0.